The maximum atomic E-state index is 12.3. The fourth-order valence-electron chi connectivity index (χ4n) is 3.00. The van der Waals surface area contributed by atoms with E-state index in [0.717, 1.165) is 12.0 Å². The number of aryl methyl sites for hydroxylation is 1. The lowest BCUT2D eigenvalue weighted by molar-refractivity contribution is 0.0676. The van der Waals surface area contributed by atoms with Crippen LogP contribution < -0.4 is 0 Å². The van der Waals surface area contributed by atoms with Crippen molar-refractivity contribution in [2.45, 2.75) is 39.5 Å². The van der Waals surface area contributed by atoms with Crippen LogP contribution in [0.4, 0.5) is 4.79 Å². The zero-order valence-corrected chi connectivity index (χ0v) is 14.1. The molecular weight excluding hydrogens is 322 g/mol. The highest BCUT2D eigenvalue weighted by molar-refractivity contribution is 5.87. The summed E-state index contributed by atoms with van der Waals surface area (Å²) in [5.74, 6) is -0.369. The number of nitrogens with zero attached hydrogens (tertiary/aromatic N) is 3. The highest BCUT2D eigenvalue weighted by atomic mass is 16.6. The summed E-state index contributed by atoms with van der Waals surface area (Å²) in [6.07, 6.45) is 1.02. The van der Waals surface area contributed by atoms with E-state index < -0.39 is 12.1 Å². The Bertz CT molecular complexity index is 770. The number of rotatable bonds is 5. The van der Waals surface area contributed by atoms with Gasteiger partial charge in [-0.3, -0.25) is 4.90 Å². The van der Waals surface area contributed by atoms with Crippen molar-refractivity contribution in [2.75, 3.05) is 6.54 Å². The molecule has 132 valence electrons. The van der Waals surface area contributed by atoms with E-state index in [1.165, 1.54) is 0 Å². The Kier molecular flexibility index (Phi) is 5.02. The molecule has 1 aliphatic rings. The van der Waals surface area contributed by atoms with E-state index in [-0.39, 0.29) is 18.8 Å². The molecule has 7 heteroatoms. The second-order valence-electron chi connectivity index (χ2n) is 5.99. The number of carbonyl (C=O) groups is 2. The van der Waals surface area contributed by atoms with E-state index in [0.29, 0.717) is 31.0 Å². The molecule has 25 heavy (non-hydrogen) atoms. The molecule has 1 amide bonds. The smallest absolute Gasteiger partial charge is 0.410 e. The van der Waals surface area contributed by atoms with Gasteiger partial charge in [0.1, 0.15) is 12.4 Å². The monoisotopic (exact) mass is 343 g/mol. The maximum absolute atomic E-state index is 12.3. The molecule has 0 bridgehead atoms. The van der Waals surface area contributed by atoms with Crippen LogP contribution in [0.25, 0.3) is 0 Å². The van der Waals surface area contributed by atoms with Crippen LogP contribution in [0.3, 0.4) is 0 Å². The number of carboxylic acid groups (broad SMARTS) is 1. The molecule has 2 aromatic rings. The number of fused-ring (bicyclic) bond motifs is 1. The van der Waals surface area contributed by atoms with Gasteiger partial charge in [0.2, 0.25) is 0 Å². The lowest BCUT2D eigenvalue weighted by Gasteiger charge is -2.27. The van der Waals surface area contributed by atoms with Crippen LogP contribution in [0.1, 0.15) is 40.9 Å². The van der Waals surface area contributed by atoms with Crippen molar-refractivity contribution >= 4 is 12.1 Å². The number of aromatic nitrogens is 2. The summed E-state index contributed by atoms with van der Waals surface area (Å²) in [7, 11) is 0. The summed E-state index contributed by atoms with van der Waals surface area (Å²) >= 11 is 0. The Balaban J connectivity index is 1.69. The van der Waals surface area contributed by atoms with Gasteiger partial charge in [-0.25, -0.2) is 14.6 Å². The van der Waals surface area contributed by atoms with Crippen molar-refractivity contribution in [2.24, 2.45) is 0 Å². The lowest BCUT2D eigenvalue weighted by atomic mass is 10.2. The van der Waals surface area contributed by atoms with Crippen LogP contribution in [0, 0.1) is 0 Å². The maximum Gasteiger partial charge on any atom is 0.410 e. The van der Waals surface area contributed by atoms with E-state index in [1.807, 2.05) is 37.3 Å². The van der Waals surface area contributed by atoms with Gasteiger partial charge in [0, 0.05) is 13.1 Å². The van der Waals surface area contributed by atoms with Crippen LogP contribution in [0.5, 0.6) is 0 Å². The standard InChI is InChI=1S/C18H21N3O4/c1-2-6-14-16(17(22)23)21-10-9-20(11-15(21)19-14)18(24)25-12-13-7-4-3-5-8-13/h3-5,7-8H,2,6,9-12H2,1H3,(H,22,23). The molecule has 1 aromatic heterocycles. The second kappa shape index (κ2) is 7.38. The normalized spacial score (nSPS) is 13.4. The van der Waals surface area contributed by atoms with Crippen LogP contribution in [-0.4, -0.2) is 38.2 Å². The second-order valence-corrected chi connectivity index (χ2v) is 5.99. The number of aromatic carboxylic acids is 1. The first-order chi connectivity index (χ1) is 12.1. The third kappa shape index (κ3) is 3.65. The highest BCUT2D eigenvalue weighted by Crippen LogP contribution is 2.20. The molecule has 0 radical (unpaired) electrons. The number of ether oxygens (including phenoxy) is 1. The molecular formula is C18H21N3O4. The van der Waals surface area contributed by atoms with Crippen LogP contribution >= 0.6 is 0 Å². The van der Waals surface area contributed by atoms with Gasteiger partial charge in [0.25, 0.3) is 0 Å². The van der Waals surface area contributed by atoms with E-state index in [2.05, 4.69) is 4.98 Å². The van der Waals surface area contributed by atoms with Gasteiger partial charge in [-0.15, -0.1) is 0 Å². The largest absolute Gasteiger partial charge is 0.477 e. The van der Waals surface area contributed by atoms with Gasteiger partial charge in [0.15, 0.2) is 5.69 Å². The van der Waals surface area contributed by atoms with E-state index in [1.54, 1.807) is 9.47 Å². The zero-order valence-electron chi connectivity index (χ0n) is 14.1. The molecule has 2 heterocycles. The average Bonchev–Trinajstić information content (AvgIpc) is 2.98. The fraction of sp³-hybridized carbons (Fsp3) is 0.389. The van der Waals surface area contributed by atoms with Crippen LogP contribution in [0.15, 0.2) is 30.3 Å². The van der Waals surface area contributed by atoms with E-state index in [4.69, 9.17) is 4.74 Å². The topological polar surface area (TPSA) is 84.7 Å². The Hall–Kier alpha value is -2.83. The minimum absolute atomic E-state index is 0.214. The first-order valence-electron chi connectivity index (χ1n) is 8.37. The molecule has 0 spiro atoms. The Morgan fingerprint density at radius 2 is 2.00 bits per heavy atom. The quantitative estimate of drug-likeness (QED) is 0.902. The summed E-state index contributed by atoms with van der Waals surface area (Å²) in [5.41, 5.74) is 1.76. The van der Waals surface area contributed by atoms with Gasteiger partial charge < -0.3 is 14.4 Å². The molecule has 0 fully saturated rings. The predicted molar refractivity (Wildman–Crippen MR) is 90.2 cm³/mol. The van der Waals surface area contributed by atoms with Crippen LogP contribution in [-0.2, 0) is 30.9 Å². The number of hydrogen-bond acceptors (Lipinski definition) is 4. The molecule has 7 nitrogen and oxygen atoms in total. The Labute approximate surface area is 145 Å². The number of imidazole rings is 1. The summed E-state index contributed by atoms with van der Waals surface area (Å²) in [6, 6.07) is 9.48. The molecule has 0 saturated carbocycles. The molecule has 3 rings (SSSR count). The van der Waals surface area contributed by atoms with Crippen molar-refractivity contribution < 1.29 is 19.4 Å². The number of amides is 1. The molecule has 0 atom stereocenters. The summed E-state index contributed by atoms with van der Waals surface area (Å²) in [5, 5.41) is 9.46. The molecule has 1 aliphatic heterocycles. The molecule has 0 saturated heterocycles. The Morgan fingerprint density at radius 1 is 1.24 bits per heavy atom. The highest BCUT2D eigenvalue weighted by Gasteiger charge is 2.29. The lowest BCUT2D eigenvalue weighted by Crippen LogP contribution is -2.39. The van der Waals surface area contributed by atoms with Crippen LogP contribution in [0.2, 0.25) is 0 Å². The number of hydrogen-bond donors (Lipinski definition) is 1. The van der Waals surface area contributed by atoms with Gasteiger partial charge in [0.05, 0.1) is 12.2 Å². The number of benzene rings is 1. The first kappa shape index (κ1) is 17.0. The van der Waals surface area contributed by atoms with Gasteiger partial charge in [-0.1, -0.05) is 43.7 Å². The number of carbonyl (C=O) groups excluding carboxylic acids is 1. The van der Waals surface area contributed by atoms with Crippen molar-refractivity contribution in [3.05, 3.63) is 53.1 Å². The molecule has 1 N–H and O–H groups in total. The molecule has 0 aliphatic carbocycles. The van der Waals surface area contributed by atoms with Crippen molar-refractivity contribution in [1.29, 1.82) is 0 Å². The van der Waals surface area contributed by atoms with Gasteiger partial charge in [-0.2, -0.15) is 0 Å². The molecule has 0 unspecified atom stereocenters. The van der Waals surface area contributed by atoms with Gasteiger partial charge >= 0.3 is 12.1 Å². The van der Waals surface area contributed by atoms with E-state index in [9.17, 15) is 14.7 Å². The van der Waals surface area contributed by atoms with Crippen molar-refractivity contribution in [1.82, 2.24) is 14.5 Å². The fourth-order valence-corrected chi connectivity index (χ4v) is 3.00. The third-order valence-electron chi connectivity index (χ3n) is 4.20. The van der Waals surface area contributed by atoms with Gasteiger partial charge in [-0.05, 0) is 12.0 Å². The van der Waals surface area contributed by atoms with E-state index >= 15 is 0 Å². The Morgan fingerprint density at radius 3 is 2.68 bits per heavy atom. The minimum Gasteiger partial charge on any atom is -0.477 e. The first-order valence-corrected chi connectivity index (χ1v) is 8.37. The predicted octanol–water partition coefficient (Wildman–Crippen LogP) is 2.69. The molecule has 1 aromatic carbocycles. The summed E-state index contributed by atoms with van der Waals surface area (Å²) in [6.45, 7) is 3.28. The zero-order chi connectivity index (χ0) is 17.8. The number of carboxylic acids is 1. The summed E-state index contributed by atoms with van der Waals surface area (Å²) in [4.78, 5) is 29.8. The van der Waals surface area contributed by atoms with Crippen molar-refractivity contribution in [3.63, 3.8) is 0 Å². The van der Waals surface area contributed by atoms with Crippen molar-refractivity contribution in [3.8, 4) is 0 Å². The average molecular weight is 343 g/mol. The minimum atomic E-state index is -0.970. The summed E-state index contributed by atoms with van der Waals surface area (Å²) < 4.78 is 7.05. The third-order valence-corrected chi connectivity index (χ3v) is 4.20. The SMILES string of the molecule is CCCc1nc2n(c1C(=O)O)CCN(C(=O)OCc1ccccc1)C2.